The van der Waals surface area contributed by atoms with Gasteiger partial charge in [-0.3, -0.25) is 14.4 Å². The van der Waals surface area contributed by atoms with E-state index in [1.165, 1.54) is 25.7 Å². The number of morpholine rings is 1. The number of aliphatic hydroxyl groups is 2. The van der Waals surface area contributed by atoms with Crippen LogP contribution in [-0.2, 0) is 19.1 Å². The van der Waals surface area contributed by atoms with E-state index in [2.05, 4.69) is 0 Å². The summed E-state index contributed by atoms with van der Waals surface area (Å²) in [5.41, 5.74) is 0. The molecule has 9 nitrogen and oxygen atoms in total. The minimum absolute atomic E-state index is 0.0473. The van der Waals surface area contributed by atoms with E-state index in [9.17, 15) is 24.6 Å². The monoisotopic (exact) mass is 619 g/mol. The van der Waals surface area contributed by atoms with E-state index in [0.717, 1.165) is 51.4 Å². The van der Waals surface area contributed by atoms with Gasteiger partial charge in [-0.15, -0.1) is 0 Å². The van der Waals surface area contributed by atoms with Crippen molar-refractivity contribution in [2.45, 2.75) is 135 Å². The summed E-state index contributed by atoms with van der Waals surface area (Å²) in [7, 11) is 0. The van der Waals surface area contributed by atoms with Crippen molar-refractivity contribution in [2.24, 2.45) is 23.7 Å². The predicted octanol–water partition coefficient (Wildman–Crippen LogP) is 4.38. The van der Waals surface area contributed by atoms with Gasteiger partial charge in [0.25, 0.3) is 0 Å². The summed E-state index contributed by atoms with van der Waals surface area (Å²) < 4.78 is 5.41. The normalized spacial score (nSPS) is 22.4. The number of nitrogens with zero attached hydrogens (tertiary/aromatic N) is 3. The molecular weight excluding hydrogens is 558 g/mol. The van der Waals surface area contributed by atoms with Crippen LogP contribution in [0.3, 0.4) is 0 Å². The smallest absolute Gasteiger partial charge is 0.242 e. The first-order valence-corrected chi connectivity index (χ1v) is 18.0. The van der Waals surface area contributed by atoms with E-state index < -0.39 is 18.2 Å². The number of carbonyl (C=O) groups is 3. The van der Waals surface area contributed by atoms with Crippen LogP contribution in [0.1, 0.15) is 117 Å². The number of amides is 3. The van der Waals surface area contributed by atoms with Crippen LogP contribution in [0.15, 0.2) is 0 Å². The van der Waals surface area contributed by atoms with Crippen molar-refractivity contribution < 1.29 is 29.3 Å². The molecule has 1 aliphatic heterocycles. The zero-order valence-electron chi connectivity index (χ0n) is 27.7. The molecule has 2 N–H and O–H groups in total. The van der Waals surface area contributed by atoms with E-state index in [1.54, 1.807) is 9.80 Å². The molecule has 4 fully saturated rings. The number of hydrogen-bond acceptors (Lipinski definition) is 6. The highest BCUT2D eigenvalue weighted by molar-refractivity contribution is 5.87. The molecule has 44 heavy (non-hydrogen) atoms. The van der Waals surface area contributed by atoms with Gasteiger partial charge in [-0.25, -0.2) is 0 Å². The molecule has 252 valence electrons. The van der Waals surface area contributed by atoms with E-state index in [4.69, 9.17) is 4.74 Å². The quantitative estimate of drug-likeness (QED) is 0.265. The molecule has 0 aromatic carbocycles. The van der Waals surface area contributed by atoms with Crippen LogP contribution in [0, 0.1) is 23.7 Å². The van der Waals surface area contributed by atoms with Crippen LogP contribution >= 0.6 is 0 Å². The largest absolute Gasteiger partial charge is 0.390 e. The second-order valence-electron chi connectivity index (χ2n) is 14.8. The number of rotatable bonds is 16. The maximum Gasteiger partial charge on any atom is 0.242 e. The van der Waals surface area contributed by atoms with Crippen molar-refractivity contribution in [3.8, 4) is 0 Å². The Morgan fingerprint density at radius 2 is 1.34 bits per heavy atom. The van der Waals surface area contributed by atoms with Gasteiger partial charge >= 0.3 is 0 Å². The molecule has 3 saturated carbocycles. The summed E-state index contributed by atoms with van der Waals surface area (Å²) >= 11 is 0. The predicted molar refractivity (Wildman–Crippen MR) is 171 cm³/mol. The first kappa shape index (κ1) is 35.1. The molecule has 0 aromatic rings. The summed E-state index contributed by atoms with van der Waals surface area (Å²) in [6.07, 6.45) is 13.0. The molecule has 9 heteroatoms. The highest BCUT2D eigenvalue weighted by atomic mass is 16.5. The summed E-state index contributed by atoms with van der Waals surface area (Å²) in [6.45, 7) is 7.41. The van der Waals surface area contributed by atoms with E-state index in [1.807, 2.05) is 18.7 Å². The van der Waals surface area contributed by atoms with Gasteiger partial charge in [-0.05, 0) is 62.2 Å². The first-order chi connectivity index (χ1) is 21.2. The van der Waals surface area contributed by atoms with Crippen molar-refractivity contribution >= 4 is 17.7 Å². The highest BCUT2D eigenvalue weighted by Crippen LogP contribution is 2.35. The van der Waals surface area contributed by atoms with Crippen molar-refractivity contribution in [1.82, 2.24) is 14.7 Å². The van der Waals surface area contributed by atoms with E-state index >= 15 is 0 Å². The van der Waals surface area contributed by atoms with Gasteiger partial charge in [0.15, 0.2) is 0 Å². The van der Waals surface area contributed by atoms with Crippen LogP contribution in [-0.4, -0.2) is 107 Å². The van der Waals surface area contributed by atoms with Crippen LogP contribution in [0.4, 0.5) is 0 Å². The molecular formula is C35H61N3O6. The van der Waals surface area contributed by atoms with Gasteiger partial charge in [0.1, 0.15) is 6.10 Å². The van der Waals surface area contributed by atoms with Gasteiger partial charge in [0.05, 0.1) is 31.9 Å². The number of carbonyl (C=O) groups excluding carboxylic acids is 3. The maximum atomic E-state index is 14.0. The SMILES string of the molecule is CC(C)C[C@H](O)[C@H](O)[C@H](CC1CCCCC1)N(CC1CC1)C(=O)CCC(=O)N(CC(=O)N1CCOCC1)CC1CCCCC1. The summed E-state index contributed by atoms with van der Waals surface area (Å²) in [5, 5.41) is 22.5. The molecule has 0 unspecified atom stereocenters. The van der Waals surface area contributed by atoms with Crippen molar-refractivity contribution in [2.75, 3.05) is 45.9 Å². The van der Waals surface area contributed by atoms with Gasteiger partial charge in [0, 0.05) is 39.0 Å². The van der Waals surface area contributed by atoms with E-state index in [-0.39, 0.29) is 43.0 Å². The van der Waals surface area contributed by atoms with Crippen LogP contribution in [0.25, 0.3) is 0 Å². The third-order valence-electron chi connectivity index (χ3n) is 10.5. The molecule has 4 rings (SSSR count). The lowest BCUT2D eigenvalue weighted by Gasteiger charge is -2.40. The summed E-state index contributed by atoms with van der Waals surface area (Å²) in [6, 6.07) is -0.448. The second-order valence-corrected chi connectivity index (χ2v) is 14.8. The fourth-order valence-electron chi connectivity index (χ4n) is 7.62. The average molecular weight is 620 g/mol. The van der Waals surface area contributed by atoms with Crippen molar-refractivity contribution in [3.05, 3.63) is 0 Å². The lowest BCUT2D eigenvalue weighted by Crippen LogP contribution is -2.53. The van der Waals surface area contributed by atoms with Gasteiger partial charge in [0.2, 0.25) is 17.7 Å². The zero-order valence-corrected chi connectivity index (χ0v) is 27.7. The zero-order chi connectivity index (χ0) is 31.5. The second kappa shape index (κ2) is 17.8. The molecule has 0 bridgehead atoms. The molecule has 1 saturated heterocycles. The highest BCUT2D eigenvalue weighted by Gasteiger charge is 2.39. The Hall–Kier alpha value is -1.71. The fourth-order valence-corrected chi connectivity index (χ4v) is 7.62. The molecule has 4 aliphatic rings. The topological polar surface area (TPSA) is 111 Å². The lowest BCUT2D eigenvalue weighted by molar-refractivity contribution is -0.146. The van der Waals surface area contributed by atoms with Gasteiger partial charge in [-0.1, -0.05) is 65.2 Å². The molecule has 0 radical (unpaired) electrons. The van der Waals surface area contributed by atoms with Crippen LogP contribution in [0.2, 0.25) is 0 Å². The van der Waals surface area contributed by atoms with Gasteiger partial charge < -0.3 is 29.6 Å². The van der Waals surface area contributed by atoms with Gasteiger partial charge in [-0.2, -0.15) is 0 Å². The average Bonchev–Trinajstić information content (AvgIpc) is 3.86. The maximum absolute atomic E-state index is 14.0. The third kappa shape index (κ3) is 11.3. The number of hydrogen-bond donors (Lipinski definition) is 2. The van der Waals surface area contributed by atoms with Crippen LogP contribution < -0.4 is 0 Å². The Labute approximate surface area is 266 Å². The van der Waals surface area contributed by atoms with Crippen molar-refractivity contribution in [1.29, 1.82) is 0 Å². The van der Waals surface area contributed by atoms with E-state index in [0.29, 0.717) is 70.0 Å². The number of aliphatic hydroxyl groups excluding tert-OH is 2. The molecule has 3 atom stereocenters. The summed E-state index contributed by atoms with van der Waals surface area (Å²) in [5.74, 6) is 1.18. The Kier molecular flexibility index (Phi) is 14.3. The first-order valence-electron chi connectivity index (χ1n) is 18.0. The molecule has 0 aromatic heterocycles. The molecule has 0 spiro atoms. The minimum Gasteiger partial charge on any atom is -0.390 e. The Morgan fingerprint density at radius 3 is 1.93 bits per heavy atom. The van der Waals surface area contributed by atoms with Crippen LogP contribution in [0.5, 0.6) is 0 Å². The molecule has 3 amide bonds. The minimum atomic E-state index is -1.01. The fraction of sp³-hybridized carbons (Fsp3) is 0.914. The Morgan fingerprint density at radius 1 is 0.773 bits per heavy atom. The third-order valence-corrected chi connectivity index (χ3v) is 10.5. The Balaban J connectivity index is 1.44. The summed E-state index contributed by atoms with van der Waals surface area (Å²) in [4.78, 5) is 46.2. The number of ether oxygens (including phenoxy) is 1. The molecule has 3 aliphatic carbocycles. The molecule has 1 heterocycles. The van der Waals surface area contributed by atoms with Crippen molar-refractivity contribution in [3.63, 3.8) is 0 Å². The standard InChI is InChI=1S/C35H61N3O6/c1-26(2)21-31(39)35(43)30(22-27-9-5-3-6-10-27)38(24-29-13-14-29)33(41)16-15-32(40)37(23-28-11-7-4-8-12-28)25-34(42)36-17-19-44-20-18-36/h26-31,35,39,43H,3-25H2,1-2H3/t30-,31-,35+/m0/s1. The Bertz CT molecular complexity index is 893. The lowest BCUT2D eigenvalue weighted by atomic mass is 9.81.